The van der Waals surface area contributed by atoms with E-state index < -0.39 is 0 Å². The second kappa shape index (κ2) is 7.98. The fourth-order valence-electron chi connectivity index (χ4n) is 2.82. The smallest absolute Gasteiger partial charge is 0.107 e. The molecule has 1 aromatic rings. The molecule has 0 bridgehead atoms. The van der Waals surface area contributed by atoms with Gasteiger partial charge in [-0.2, -0.15) is 0 Å². The minimum absolute atomic E-state index is 0.765. The fraction of sp³-hybridized carbons (Fsp3) is 0.800. The minimum atomic E-state index is 0.765. The first-order chi connectivity index (χ1) is 9.29. The Morgan fingerprint density at radius 1 is 1.32 bits per heavy atom. The van der Waals surface area contributed by atoms with Crippen LogP contribution in [0.2, 0.25) is 0 Å². The summed E-state index contributed by atoms with van der Waals surface area (Å²) in [4.78, 5) is 7.23. The predicted octanol–water partition coefficient (Wildman–Crippen LogP) is 3.41. The number of hydrogen-bond acceptors (Lipinski definition) is 4. The Morgan fingerprint density at radius 2 is 2.05 bits per heavy atom. The van der Waals surface area contributed by atoms with Gasteiger partial charge in [0.25, 0.3) is 0 Å². The van der Waals surface area contributed by atoms with E-state index in [0.717, 1.165) is 25.7 Å². The van der Waals surface area contributed by atoms with Crippen molar-refractivity contribution in [3.63, 3.8) is 0 Å². The summed E-state index contributed by atoms with van der Waals surface area (Å²) in [5.74, 6) is 0. The van der Waals surface area contributed by atoms with Crippen LogP contribution in [0.3, 0.4) is 0 Å². The average molecular weight is 281 g/mol. The zero-order valence-electron chi connectivity index (χ0n) is 12.3. The molecule has 0 aromatic carbocycles. The molecule has 2 rings (SSSR count). The van der Waals surface area contributed by atoms with E-state index in [1.807, 2.05) is 0 Å². The van der Waals surface area contributed by atoms with Gasteiger partial charge in [-0.25, -0.2) is 4.98 Å². The van der Waals surface area contributed by atoms with Gasteiger partial charge in [0.2, 0.25) is 0 Å². The van der Waals surface area contributed by atoms with Gasteiger partial charge >= 0.3 is 0 Å². The van der Waals surface area contributed by atoms with Crippen LogP contribution < -0.4 is 5.32 Å². The maximum Gasteiger partial charge on any atom is 0.107 e. The molecule has 1 fully saturated rings. The first-order valence-corrected chi connectivity index (χ1v) is 8.51. The van der Waals surface area contributed by atoms with Gasteiger partial charge in [0.15, 0.2) is 0 Å². The number of nitrogens with one attached hydrogen (secondary N) is 1. The molecule has 0 aliphatic heterocycles. The van der Waals surface area contributed by atoms with Gasteiger partial charge in [-0.1, -0.05) is 32.6 Å². The van der Waals surface area contributed by atoms with E-state index in [4.69, 9.17) is 4.98 Å². The molecule has 0 amide bonds. The number of thiazole rings is 1. The van der Waals surface area contributed by atoms with Crippen molar-refractivity contribution in [3.05, 3.63) is 16.1 Å². The van der Waals surface area contributed by atoms with Crippen LogP contribution in [0.5, 0.6) is 0 Å². The average Bonchev–Trinajstić information content (AvgIpc) is 2.68. The van der Waals surface area contributed by atoms with Crippen LogP contribution in [-0.4, -0.2) is 29.5 Å². The molecule has 1 aliphatic rings. The van der Waals surface area contributed by atoms with Gasteiger partial charge in [0.05, 0.1) is 5.69 Å². The molecule has 1 heterocycles. The third-order valence-electron chi connectivity index (χ3n) is 3.98. The molecule has 1 N–H and O–H groups in total. The molecule has 0 spiro atoms. The lowest BCUT2D eigenvalue weighted by Crippen LogP contribution is -2.30. The van der Waals surface area contributed by atoms with E-state index in [1.165, 1.54) is 49.2 Å². The fourth-order valence-corrected chi connectivity index (χ4v) is 3.57. The third-order valence-corrected chi connectivity index (χ3v) is 4.88. The van der Waals surface area contributed by atoms with Crippen molar-refractivity contribution in [2.24, 2.45) is 0 Å². The molecule has 0 unspecified atom stereocenters. The molecule has 0 radical (unpaired) electrons. The monoisotopic (exact) mass is 281 g/mol. The number of rotatable bonds is 6. The first kappa shape index (κ1) is 14.9. The summed E-state index contributed by atoms with van der Waals surface area (Å²) in [7, 11) is 2.26. The van der Waals surface area contributed by atoms with E-state index in [1.54, 1.807) is 11.3 Å². The molecule has 3 nitrogen and oxygen atoms in total. The molecule has 19 heavy (non-hydrogen) atoms. The number of hydrogen-bond donors (Lipinski definition) is 1. The van der Waals surface area contributed by atoms with Crippen LogP contribution in [0, 0.1) is 0 Å². The summed E-state index contributed by atoms with van der Waals surface area (Å²) in [6.45, 7) is 5.06. The van der Waals surface area contributed by atoms with E-state index in [0.29, 0.717) is 0 Å². The molecule has 1 aromatic heterocycles. The Kier molecular flexibility index (Phi) is 6.28. The summed E-state index contributed by atoms with van der Waals surface area (Å²) < 4.78 is 0. The third kappa shape index (κ3) is 4.86. The SMILES string of the molecule is CCNCc1nc(CN(C)C2CCCCCC2)cs1. The summed E-state index contributed by atoms with van der Waals surface area (Å²) in [6.07, 6.45) is 8.38. The Bertz CT molecular complexity index is 356. The van der Waals surface area contributed by atoms with Crippen LogP contribution in [-0.2, 0) is 13.1 Å². The Labute approximate surface area is 121 Å². The normalized spacial score (nSPS) is 17.8. The standard InChI is InChI=1S/C15H27N3S/c1-3-16-10-15-17-13(12-19-15)11-18(2)14-8-6-4-5-7-9-14/h12,14,16H,3-11H2,1-2H3. The Morgan fingerprint density at radius 3 is 2.74 bits per heavy atom. The largest absolute Gasteiger partial charge is 0.311 e. The van der Waals surface area contributed by atoms with E-state index >= 15 is 0 Å². The van der Waals surface area contributed by atoms with Gasteiger partial charge in [-0.3, -0.25) is 4.90 Å². The zero-order chi connectivity index (χ0) is 13.5. The van der Waals surface area contributed by atoms with E-state index in [9.17, 15) is 0 Å². The molecule has 0 atom stereocenters. The van der Waals surface area contributed by atoms with Crippen LogP contribution in [0.4, 0.5) is 0 Å². The Balaban J connectivity index is 1.83. The van der Waals surface area contributed by atoms with Gasteiger partial charge in [-0.05, 0) is 26.4 Å². The quantitative estimate of drug-likeness (QED) is 0.810. The van der Waals surface area contributed by atoms with E-state index in [2.05, 4.69) is 29.6 Å². The van der Waals surface area contributed by atoms with Crippen molar-refractivity contribution in [2.75, 3.05) is 13.6 Å². The Hall–Kier alpha value is -0.450. The topological polar surface area (TPSA) is 28.2 Å². The summed E-state index contributed by atoms with van der Waals surface area (Å²) >= 11 is 1.78. The van der Waals surface area contributed by atoms with Crippen molar-refractivity contribution in [1.29, 1.82) is 0 Å². The highest BCUT2D eigenvalue weighted by Crippen LogP contribution is 2.22. The lowest BCUT2D eigenvalue weighted by atomic mass is 10.1. The maximum atomic E-state index is 4.72. The summed E-state index contributed by atoms with van der Waals surface area (Å²) in [6, 6.07) is 0.765. The molecule has 4 heteroatoms. The second-order valence-electron chi connectivity index (χ2n) is 5.57. The first-order valence-electron chi connectivity index (χ1n) is 7.64. The molecular formula is C15H27N3S. The van der Waals surface area contributed by atoms with Gasteiger partial charge < -0.3 is 5.32 Å². The van der Waals surface area contributed by atoms with Crippen molar-refractivity contribution < 1.29 is 0 Å². The second-order valence-corrected chi connectivity index (χ2v) is 6.52. The highest BCUT2D eigenvalue weighted by Gasteiger charge is 2.17. The minimum Gasteiger partial charge on any atom is -0.311 e. The highest BCUT2D eigenvalue weighted by molar-refractivity contribution is 7.09. The molecule has 108 valence electrons. The van der Waals surface area contributed by atoms with Gasteiger partial charge in [-0.15, -0.1) is 11.3 Å². The van der Waals surface area contributed by atoms with Crippen molar-refractivity contribution >= 4 is 11.3 Å². The highest BCUT2D eigenvalue weighted by atomic mass is 32.1. The van der Waals surface area contributed by atoms with Crippen molar-refractivity contribution in [1.82, 2.24) is 15.2 Å². The van der Waals surface area contributed by atoms with Gasteiger partial charge in [0, 0.05) is 24.5 Å². The van der Waals surface area contributed by atoms with E-state index in [-0.39, 0.29) is 0 Å². The molecule has 1 saturated carbocycles. The lowest BCUT2D eigenvalue weighted by molar-refractivity contribution is 0.211. The van der Waals surface area contributed by atoms with Crippen LogP contribution in [0.25, 0.3) is 0 Å². The lowest BCUT2D eigenvalue weighted by Gasteiger charge is -2.26. The zero-order valence-corrected chi connectivity index (χ0v) is 13.1. The molecular weight excluding hydrogens is 254 g/mol. The van der Waals surface area contributed by atoms with Crippen LogP contribution in [0.15, 0.2) is 5.38 Å². The van der Waals surface area contributed by atoms with Gasteiger partial charge in [0.1, 0.15) is 5.01 Å². The molecule has 0 saturated heterocycles. The van der Waals surface area contributed by atoms with Crippen LogP contribution in [0.1, 0.15) is 56.2 Å². The summed E-state index contributed by atoms with van der Waals surface area (Å²) in [5.41, 5.74) is 1.24. The number of aromatic nitrogens is 1. The maximum absolute atomic E-state index is 4.72. The number of nitrogens with zero attached hydrogens (tertiary/aromatic N) is 2. The summed E-state index contributed by atoms with van der Waals surface area (Å²) in [5, 5.41) is 6.77. The molecule has 1 aliphatic carbocycles. The van der Waals surface area contributed by atoms with Crippen molar-refractivity contribution in [3.8, 4) is 0 Å². The predicted molar refractivity (Wildman–Crippen MR) is 82.5 cm³/mol. The van der Waals surface area contributed by atoms with Crippen molar-refractivity contribution in [2.45, 2.75) is 64.6 Å². The van der Waals surface area contributed by atoms with Crippen LogP contribution >= 0.6 is 11.3 Å².